The summed E-state index contributed by atoms with van der Waals surface area (Å²) in [5.74, 6) is -0.547. The number of benzene rings is 1. The van der Waals surface area contributed by atoms with Crippen molar-refractivity contribution < 1.29 is 23.5 Å². The molecule has 0 fully saturated rings. The van der Waals surface area contributed by atoms with Crippen LogP contribution in [0.4, 0.5) is 0 Å². The van der Waals surface area contributed by atoms with Gasteiger partial charge >= 0.3 is 11.9 Å². The number of thioether (sulfide) groups is 1. The summed E-state index contributed by atoms with van der Waals surface area (Å²) in [4.78, 5) is 24.1. The van der Waals surface area contributed by atoms with E-state index in [-0.39, 0.29) is 12.4 Å². The Hall–Kier alpha value is -2.21. The van der Waals surface area contributed by atoms with Crippen molar-refractivity contribution in [3.8, 4) is 0 Å². The molecule has 110 valence electrons. The SMILES string of the molecule is COC(=O)c1ccc(COC(=O)c2ccccc2SC)o1. The largest absolute Gasteiger partial charge is 0.463 e. The predicted octanol–water partition coefficient (Wildman–Crippen LogP) is 3.15. The van der Waals surface area contributed by atoms with Crippen LogP contribution in [-0.2, 0) is 16.1 Å². The maximum Gasteiger partial charge on any atom is 0.373 e. The van der Waals surface area contributed by atoms with E-state index in [0.29, 0.717) is 11.3 Å². The molecule has 0 aliphatic heterocycles. The van der Waals surface area contributed by atoms with E-state index in [4.69, 9.17) is 9.15 Å². The molecule has 1 aromatic carbocycles. The van der Waals surface area contributed by atoms with Crippen molar-refractivity contribution in [2.45, 2.75) is 11.5 Å². The molecule has 0 unspecified atom stereocenters. The maximum absolute atomic E-state index is 12.0. The van der Waals surface area contributed by atoms with Gasteiger partial charge in [-0.15, -0.1) is 11.8 Å². The van der Waals surface area contributed by atoms with Crippen LogP contribution in [0.5, 0.6) is 0 Å². The Labute approximate surface area is 126 Å². The lowest BCUT2D eigenvalue weighted by Crippen LogP contribution is -2.06. The molecule has 1 heterocycles. The molecule has 0 saturated heterocycles. The fraction of sp³-hybridized carbons (Fsp3) is 0.200. The summed E-state index contributed by atoms with van der Waals surface area (Å²) >= 11 is 1.47. The van der Waals surface area contributed by atoms with Gasteiger partial charge in [0.1, 0.15) is 12.4 Å². The molecule has 21 heavy (non-hydrogen) atoms. The van der Waals surface area contributed by atoms with Gasteiger partial charge in [-0.2, -0.15) is 0 Å². The van der Waals surface area contributed by atoms with Crippen LogP contribution in [0.1, 0.15) is 26.7 Å². The van der Waals surface area contributed by atoms with Crippen molar-refractivity contribution >= 4 is 23.7 Å². The van der Waals surface area contributed by atoms with Gasteiger partial charge in [0.2, 0.25) is 5.76 Å². The molecule has 0 bridgehead atoms. The molecule has 0 atom stereocenters. The Morgan fingerprint density at radius 3 is 2.62 bits per heavy atom. The zero-order valence-corrected chi connectivity index (χ0v) is 12.4. The first-order chi connectivity index (χ1) is 10.2. The van der Waals surface area contributed by atoms with Crippen LogP contribution in [0, 0.1) is 0 Å². The summed E-state index contributed by atoms with van der Waals surface area (Å²) in [6.07, 6.45) is 1.89. The Morgan fingerprint density at radius 2 is 1.90 bits per heavy atom. The van der Waals surface area contributed by atoms with Crippen molar-refractivity contribution in [2.75, 3.05) is 13.4 Å². The van der Waals surface area contributed by atoms with E-state index in [0.717, 1.165) is 4.90 Å². The molecule has 2 aromatic rings. The van der Waals surface area contributed by atoms with Crippen molar-refractivity contribution in [1.29, 1.82) is 0 Å². The summed E-state index contributed by atoms with van der Waals surface area (Å²) < 4.78 is 14.9. The molecule has 0 N–H and O–H groups in total. The molecule has 0 amide bonds. The zero-order chi connectivity index (χ0) is 15.2. The van der Waals surface area contributed by atoms with Crippen molar-refractivity contribution in [3.05, 3.63) is 53.5 Å². The van der Waals surface area contributed by atoms with Gasteiger partial charge in [-0.1, -0.05) is 12.1 Å². The predicted molar refractivity (Wildman–Crippen MR) is 77.4 cm³/mol. The molecule has 0 spiro atoms. The van der Waals surface area contributed by atoms with E-state index in [2.05, 4.69) is 4.74 Å². The van der Waals surface area contributed by atoms with Crippen LogP contribution in [-0.4, -0.2) is 25.3 Å². The zero-order valence-electron chi connectivity index (χ0n) is 11.6. The summed E-state index contributed by atoms with van der Waals surface area (Å²) in [6.45, 7) is -0.0431. The highest BCUT2D eigenvalue weighted by atomic mass is 32.2. The van der Waals surface area contributed by atoms with Crippen LogP contribution >= 0.6 is 11.8 Å². The number of carbonyl (C=O) groups is 2. The average molecular weight is 306 g/mol. The first-order valence-corrected chi connectivity index (χ1v) is 7.35. The van der Waals surface area contributed by atoms with Gasteiger partial charge in [0.15, 0.2) is 0 Å². The second-order valence-electron chi connectivity index (χ2n) is 4.03. The molecular formula is C15H14O5S. The number of rotatable bonds is 5. The molecule has 2 rings (SSSR count). The third-order valence-corrected chi connectivity index (χ3v) is 3.52. The van der Waals surface area contributed by atoms with Gasteiger partial charge in [0.25, 0.3) is 0 Å². The topological polar surface area (TPSA) is 65.7 Å². The number of carbonyl (C=O) groups excluding carboxylic acids is 2. The van der Waals surface area contributed by atoms with Gasteiger partial charge in [-0.05, 0) is 30.5 Å². The molecule has 6 heteroatoms. The lowest BCUT2D eigenvalue weighted by molar-refractivity contribution is 0.0434. The monoisotopic (exact) mass is 306 g/mol. The quantitative estimate of drug-likeness (QED) is 0.624. The van der Waals surface area contributed by atoms with Crippen LogP contribution in [0.3, 0.4) is 0 Å². The van der Waals surface area contributed by atoms with Gasteiger partial charge < -0.3 is 13.9 Å². The first kappa shape index (κ1) is 15.2. The molecule has 0 aliphatic rings. The van der Waals surface area contributed by atoms with Crippen LogP contribution in [0.25, 0.3) is 0 Å². The summed E-state index contributed by atoms with van der Waals surface area (Å²) in [5.41, 5.74) is 0.504. The fourth-order valence-corrected chi connectivity index (χ4v) is 2.28. The molecule has 0 aliphatic carbocycles. The van der Waals surface area contributed by atoms with Crippen molar-refractivity contribution in [1.82, 2.24) is 0 Å². The van der Waals surface area contributed by atoms with Crippen LogP contribution < -0.4 is 0 Å². The highest BCUT2D eigenvalue weighted by molar-refractivity contribution is 7.98. The molecular weight excluding hydrogens is 292 g/mol. The first-order valence-electron chi connectivity index (χ1n) is 6.13. The van der Waals surface area contributed by atoms with E-state index in [1.807, 2.05) is 18.4 Å². The lowest BCUT2D eigenvalue weighted by atomic mass is 10.2. The second-order valence-corrected chi connectivity index (χ2v) is 4.88. The molecule has 1 aromatic heterocycles. The molecule has 0 saturated carbocycles. The number of hydrogen-bond donors (Lipinski definition) is 0. The number of esters is 2. The smallest absolute Gasteiger partial charge is 0.373 e. The summed E-state index contributed by atoms with van der Waals surface area (Å²) in [7, 11) is 1.27. The van der Waals surface area contributed by atoms with Crippen LogP contribution in [0.2, 0.25) is 0 Å². The fourth-order valence-electron chi connectivity index (χ4n) is 1.69. The Kier molecular flexibility index (Phi) is 5.05. The highest BCUT2D eigenvalue weighted by Gasteiger charge is 2.15. The van der Waals surface area contributed by atoms with Gasteiger partial charge in [0.05, 0.1) is 12.7 Å². The minimum absolute atomic E-state index is 0.0431. The van der Waals surface area contributed by atoms with Gasteiger partial charge in [-0.25, -0.2) is 9.59 Å². The normalized spacial score (nSPS) is 10.2. The summed E-state index contributed by atoms with van der Waals surface area (Å²) in [6, 6.07) is 10.2. The lowest BCUT2D eigenvalue weighted by Gasteiger charge is -2.06. The number of furan rings is 1. The van der Waals surface area contributed by atoms with E-state index < -0.39 is 11.9 Å². The Bertz CT molecular complexity index is 647. The maximum atomic E-state index is 12.0. The standard InChI is InChI=1S/C15H14O5S/c1-18-15(17)12-8-7-10(20-12)9-19-14(16)11-5-3-4-6-13(11)21-2/h3-8H,9H2,1-2H3. The molecule has 0 radical (unpaired) electrons. The van der Waals surface area contributed by atoms with E-state index in [1.165, 1.54) is 24.9 Å². The summed E-state index contributed by atoms with van der Waals surface area (Å²) in [5, 5.41) is 0. The van der Waals surface area contributed by atoms with E-state index >= 15 is 0 Å². The van der Waals surface area contributed by atoms with Gasteiger partial charge in [0, 0.05) is 4.90 Å². The number of ether oxygens (including phenoxy) is 2. The third kappa shape index (κ3) is 3.66. The Morgan fingerprint density at radius 1 is 1.14 bits per heavy atom. The van der Waals surface area contributed by atoms with E-state index in [1.54, 1.807) is 18.2 Å². The van der Waals surface area contributed by atoms with Crippen LogP contribution in [0.15, 0.2) is 45.7 Å². The third-order valence-electron chi connectivity index (χ3n) is 2.72. The number of hydrogen-bond acceptors (Lipinski definition) is 6. The number of methoxy groups -OCH3 is 1. The highest BCUT2D eigenvalue weighted by Crippen LogP contribution is 2.21. The second kappa shape index (κ2) is 6.99. The van der Waals surface area contributed by atoms with Crippen molar-refractivity contribution in [3.63, 3.8) is 0 Å². The van der Waals surface area contributed by atoms with Crippen molar-refractivity contribution in [2.24, 2.45) is 0 Å². The minimum atomic E-state index is -0.569. The molecule has 5 nitrogen and oxygen atoms in total. The minimum Gasteiger partial charge on any atom is -0.463 e. The average Bonchev–Trinajstić information content (AvgIpc) is 3.00. The Balaban J connectivity index is 2.01. The van der Waals surface area contributed by atoms with E-state index in [9.17, 15) is 9.59 Å². The van der Waals surface area contributed by atoms with Gasteiger partial charge in [-0.3, -0.25) is 0 Å².